The van der Waals surface area contributed by atoms with Gasteiger partial charge in [-0.3, -0.25) is 4.79 Å². The first-order valence-electron chi connectivity index (χ1n) is 11.3. The molecule has 6 nitrogen and oxygen atoms in total. The summed E-state index contributed by atoms with van der Waals surface area (Å²) in [5.74, 6) is 2.40. The molecule has 3 aliphatic rings. The van der Waals surface area contributed by atoms with Crippen LogP contribution in [-0.4, -0.2) is 50.8 Å². The Morgan fingerprint density at radius 2 is 1.90 bits per heavy atom. The van der Waals surface area contributed by atoms with E-state index in [9.17, 15) is 9.90 Å². The third kappa shape index (κ3) is 3.97. The molecule has 0 radical (unpaired) electrons. The Hall–Kier alpha value is -2.34. The average molecular weight is 410 g/mol. The number of likely N-dealkylation sites (tertiary alicyclic amines) is 1. The van der Waals surface area contributed by atoms with E-state index in [-0.39, 0.29) is 12.0 Å². The topological polar surface area (TPSA) is 67.6 Å². The van der Waals surface area contributed by atoms with Crippen LogP contribution in [0.4, 0.5) is 0 Å². The van der Waals surface area contributed by atoms with Crippen LogP contribution in [0, 0.1) is 11.8 Å². The summed E-state index contributed by atoms with van der Waals surface area (Å²) in [5.41, 5.74) is 1.30. The van der Waals surface area contributed by atoms with Crippen molar-refractivity contribution >= 4 is 5.91 Å². The predicted octanol–water partition coefficient (Wildman–Crippen LogP) is 3.22. The first-order valence-corrected chi connectivity index (χ1v) is 11.3. The number of imidazole rings is 1. The lowest BCUT2D eigenvalue weighted by molar-refractivity contribution is -0.131. The van der Waals surface area contributed by atoms with E-state index in [1.807, 2.05) is 21.7 Å². The summed E-state index contributed by atoms with van der Waals surface area (Å²) in [6.07, 6.45) is 11.1. The van der Waals surface area contributed by atoms with Gasteiger partial charge in [-0.1, -0.05) is 31.0 Å². The van der Waals surface area contributed by atoms with Crippen LogP contribution >= 0.6 is 0 Å². The first kappa shape index (κ1) is 19.6. The van der Waals surface area contributed by atoms with Crippen molar-refractivity contribution < 1.29 is 14.6 Å². The van der Waals surface area contributed by atoms with Gasteiger partial charge in [0.2, 0.25) is 5.91 Å². The zero-order chi connectivity index (χ0) is 20.5. The maximum Gasteiger partial charge on any atom is 0.242 e. The first-order chi connectivity index (χ1) is 14.7. The van der Waals surface area contributed by atoms with E-state index in [4.69, 9.17) is 4.74 Å². The fourth-order valence-electron chi connectivity index (χ4n) is 5.68. The average Bonchev–Trinajstić information content (AvgIpc) is 3.50. The van der Waals surface area contributed by atoms with Crippen LogP contribution in [0.5, 0.6) is 5.75 Å². The van der Waals surface area contributed by atoms with Crippen LogP contribution in [0.15, 0.2) is 43.0 Å². The second kappa shape index (κ2) is 8.42. The molecule has 1 saturated heterocycles. The van der Waals surface area contributed by atoms with Gasteiger partial charge in [0.25, 0.3) is 0 Å². The van der Waals surface area contributed by atoms with Gasteiger partial charge in [0.05, 0.1) is 12.4 Å². The van der Waals surface area contributed by atoms with E-state index in [0.29, 0.717) is 30.7 Å². The molecule has 4 atom stereocenters. The van der Waals surface area contributed by atoms with Crippen molar-refractivity contribution in [1.29, 1.82) is 0 Å². The summed E-state index contributed by atoms with van der Waals surface area (Å²) in [6, 6.07) is 8.36. The number of para-hydroxylation sites is 1. The molecule has 2 heterocycles. The van der Waals surface area contributed by atoms with Crippen LogP contribution in [0.2, 0.25) is 0 Å². The molecule has 0 spiro atoms. The second-order valence-electron chi connectivity index (χ2n) is 9.27. The van der Waals surface area contributed by atoms with Crippen molar-refractivity contribution in [1.82, 2.24) is 14.5 Å². The third-order valence-electron chi connectivity index (χ3n) is 7.31. The van der Waals surface area contributed by atoms with Gasteiger partial charge in [-0.2, -0.15) is 0 Å². The summed E-state index contributed by atoms with van der Waals surface area (Å²) >= 11 is 0. The van der Waals surface area contributed by atoms with E-state index in [1.165, 1.54) is 31.2 Å². The summed E-state index contributed by atoms with van der Waals surface area (Å²) < 4.78 is 8.24. The highest BCUT2D eigenvalue weighted by atomic mass is 16.5. The Labute approximate surface area is 177 Å². The van der Waals surface area contributed by atoms with E-state index in [0.717, 1.165) is 25.3 Å². The Balaban J connectivity index is 1.24. The Kier molecular flexibility index (Phi) is 5.50. The highest BCUT2D eigenvalue weighted by molar-refractivity contribution is 5.76. The van der Waals surface area contributed by atoms with Crippen LogP contribution in [0.25, 0.3) is 0 Å². The molecule has 0 bridgehead atoms. The highest BCUT2D eigenvalue weighted by Crippen LogP contribution is 2.42. The smallest absolute Gasteiger partial charge is 0.242 e. The molecule has 160 valence electrons. The van der Waals surface area contributed by atoms with Crippen molar-refractivity contribution in [2.45, 2.75) is 63.2 Å². The molecule has 1 aromatic heterocycles. The third-order valence-corrected chi connectivity index (χ3v) is 7.31. The summed E-state index contributed by atoms with van der Waals surface area (Å²) in [4.78, 5) is 18.7. The van der Waals surface area contributed by atoms with Crippen LogP contribution in [0.3, 0.4) is 0 Å². The van der Waals surface area contributed by atoms with Crippen molar-refractivity contribution in [3.8, 4) is 5.75 Å². The Morgan fingerprint density at radius 1 is 1.13 bits per heavy atom. The lowest BCUT2D eigenvalue weighted by Gasteiger charge is -2.35. The number of benzene rings is 1. The van der Waals surface area contributed by atoms with Crippen LogP contribution in [0.1, 0.15) is 50.0 Å². The normalized spacial score (nSPS) is 29.2. The molecule has 5 rings (SSSR count). The molecule has 30 heavy (non-hydrogen) atoms. The summed E-state index contributed by atoms with van der Waals surface area (Å²) in [5, 5.41) is 10.8. The quantitative estimate of drug-likeness (QED) is 0.823. The molecule has 1 amide bonds. The van der Waals surface area contributed by atoms with Crippen molar-refractivity contribution in [3.63, 3.8) is 0 Å². The summed E-state index contributed by atoms with van der Waals surface area (Å²) in [6.45, 7) is 1.83. The SMILES string of the molecule is O=C(Cn1ccnc1)N1C[C@H]2C[C@@H](Oc3ccccc3C3CCCC3)[C@H](O)C[C@H]2C1. The Morgan fingerprint density at radius 3 is 2.67 bits per heavy atom. The van der Waals surface area contributed by atoms with Gasteiger partial charge >= 0.3 is 0 Å². The minimum Gasteiger partial charge on any atom is -0.487 e. The fourth-order valence-corrected chi connectivity index (χ4v) is 5.68. The van der Waals surface area contributed by atoms with Gasteiger partial charge in [-0.05, 0) is 55.1 Å². The number of hydrogen-bond donors (Lipinski definition) is 1. The number of aliphatic hydroxyl groups excluding tert-OH is 1. The fraction of sp³-hybridized carbons (Fsp3) is 0.583. The molecule has 1 N–H and O–H groups in total. The number of carbonyl (C=O) groups is 1. The van der Waals surface area contributed by atoms with Crippen molar-refractivity contribution in [2.75, 3.05) is 13.1 Å². The van der Waals surface area contributed by atoms with Crippen molar-refractivity contribution in [2.24, 2.45) is 11.8 Å². The number of fused-ring (bicyclic) bond motifs is 1. The molecule has 1 aromatic carbocycles. The largest absolute Gasteiger partial charge is 0.487 e. The molecule has 1 aliphatic heterocycles. The van der Waals surface area contributed by atoms with Gasteiger partial charge < -0.3 is 19.3 Å². The predicted molar refractivity (Wildman–Crippen MR) is 113 cm³/mol. The lowest BCUT2D eigenvalue weighted by atomic mass is 9.78. The summed E-state index contributed by atoms with van der Waals surface area (Å²) in [7, 11) is 0. The molecule has 2 saturated carbocycles. The lowest BCUT2D eigenvalue weighted by Crippen LogP contribution is -2.42. The van der Waals surface area contributed by atoms with Gasteiger partial charge in [-0.15, -0.1) is 0 Å². The minimum absolute atomic E-state index is 0.126. The minimum atomic E-state index is -0.480. The second-order valence-corrected chi connectivity index (χ2v) is 9.27. The van der Waals surface area contributed by atoms with E-state index < -0.39 is 6.10 Å². The van der Waals surface area contributed by atoms with Gasteiger partial charge in [-0.25, -0.2) is 4.98 Å². The van der Waals surface area contributed by atoms with Crippen LogP contribution in [-0.2, 0) is 11.3 Å². The monoisotopic (exact) mass is 409 g/mol. The van der Waals surface area contributed by atoms with E-state index in [2.05, 4.69) is 23.2 Å². The highest BCUT2D eigenvalue weighted by Gasteiger charge is 2.44. The molecular weight excluding hydrogens is 378 g/mol. The van der Waals surface area contributed by atoms with Gasteiger partial charge in [0, 0.05) is 25.5 Å². The number of carbonyl (C=O) groups excluding carboxylic acids is 1. The molecule has 6 heteroatoms. The van der Waals surface area contributed by atoms with Crippen LogP contribution < -0.4 is 4.74 Å². The Bertz CT molecular complexity index is 862. The number of ether oxygens (including phenoxy) is 1. The number of nitrogens with zero attached hydrogens (tertiary/aromatic N) is 3. The number of aromatic nitrogens is 2. The molecule has 2 aliphatic carbocycles. The maximum absolute atomic E-state index is 12.7. The number of aliphatic hydroxyl groups is 1. The van der Waals surface area contributed by atoms with Crippen molar-refractivity contribution in [3.05, 3.63) is 48.5 Å². The number of rotatable bonds is 5. The van der Waals surface area contributed by atoms with E-state index in [1.54, 1.807) is 12.5 Å². The molecule has 3 fully saturated rings. The molecule has 2 aromatic rings. The van der Waals surface area contributed by atoms with Gasteiger partial charge in [0.1, 0.15) is 18.4 Å². The number of hydrogen-bond acceptors (Lipinski definition) is 4. The van der Waals surface area contributed by atoms with Gasteiger partial charge in [0.15, 0.2) is 0 Å². The molecular formula is C24H31N3O3. The molecule has 0 unspecified atom stereocenters. The zero-order valence-electron chi connectivity index (χ0n) is 17.4. The van der Waals surface area contributed by atoms with E-state index >= 15 is 0 Å². The number of amides is 1. The zero-order valence-corrected chi connectivity index (χ0v) is 17.4. The maximum atomic E-state index is 12.7. The standard InChI is InChI=1S/C24H31N3O3/c28-21-11-18-13-27(24(29)15-26-10-9-25-16-26)14-19(18)12-23(21)30-22-8-4-3-7-20(22)17-5-1-2-6-17/h3-4,7-10,16-19,21,23,28H,1-2,5-6,11-15H2/t18-,19+,21+,23+/m0/s1.